The van der Waals surface area contributed by atoms with Gasteiger partial charge in [0.1, 0.15) is 10.8 Å². The monoisotopic (exact) mass is 291 g/mol. The number of pyridine rings is 1. The highest BCUT2D eigenvalue weighted by atomic mass is 32.2. The van der Waals surface area contributed by atoms with Crippen molar-refractivity contribution in [2.45, 2.75) is 23.6 Å². The SMILES string of the molecule is COC(=O)CC(C)Sc1nccc2c(OC)cccc12. The van der Waals surface area contributed by atoms with Crippen molar-refractivity contribution in [2.24, 2.45) is 0 Å². The van der Waals surface area contributed by atoms with Gasteiger partial charge in [-0.15, -0.1) is 11.8 Å². The van der Waals surface area contributed by atoms with Crippen LogP contribution in [0.3, 0.4) is 0 Å². The molecule has 1 aromatic carbocycles. The van der Waals surface area contributed by atoms with Crippen LogP contribution in [0.4, 0.5) is 0 Å². The Morgan fingerprint density at radius 2 is 2.10 bits per heavy atom. The lowest BCUT2D eigenvalue weighted by Crippen LogP contribution is -2.08. The summed E-state index contributed by atoms with van der Waals surface area (Å²) in [7, 11) is 3.06. The Morgan fingerprint density at radius 3 is 2.80 bits per heavy atom. The fourth-order valence-corrected chi connectivity index (χ4v) is 3.00. The molecule has 0 N–H and O–H groups in total. The second-order valence-corrected chi connectivity index (χ2v) is 5.81. The average molecular weight is 291 g/mol. The van der Waals surface area contributed by atoms with Gasteiger partial charge in [-0.3, -0.25) is 4.79 Å². The minimum absolute atomic E-state index is 0.103. The molecule has 2 rings (SSSR count). The summed E-state index contributed by atoms with van der Waals surface area (Å²) in [4.78, 5) is 15.7. The molecule has 1 heterocycles. The molecule has 106 valence electrons. The van der Waals surface area contributed by atoms with Gasteiger partial charge in [-0.05, 0) is 12.1 Å². The van der Waals surface area contributed by atoms with E-state index in [1.165, 1.54) is 7.11 Å². The molecule has 0 amide bonds. The predicted octanol–water partition coefficient (Wildman–Crippen LogP) is 3.29. The fourth-order valence-electron chi connectivity index (χ4n) is 1.97. The number of benzene rings is 1. The molecule has 1 aromatic heterocycles. The number of thioether (sulfide) groups is 1. The maximum absolute atomic E-state index is 11.3. The molecule has 0 saturated carbocycles. The molecule has 0 aliphatic carbocycles. The van der Waals surface area contributed by atoms with Crippen LogP contribution in [-0.4, -0.2) is 30.4 Å². The number of hydrogen-bond donors (Lipinski definition) is 0. The third-order valence-electron chi connectivity index (χ3n) is 2.94. The molecule has 0 radical (unpaired) electrons. The first-order valence-corrected chi connectivity index (χ1v) is 7.19. The van der Waals surface area contributed by atoms with Crippen LogP contribution in [0.25, 0.3) is 10.8 Å². The van der Waals surface area contributed by atoms with Gasteiger partial charge in [0, 0.05) is 22.2 Å². The van der Waals surface area contributed by atoms with Crippen LogP contribution in [-0.2, 0) is 9.53 Å². The van der Waals surface area contributed by atoms with Crippen molar-refractivity contribution in [1.82, 2.24) is 4.98 Å². The summed E-state index contributed by atoms with van der Waals surface area (Å²) >= 11 is 1.57. The highest BCUT2D eigenvalue weighted by Crippen LogP contribution is 2.33. The van der Waals surface area contributed by atoms with Crippen LogP contribution in [0, 0.1) is 0 Å². The molecular weight excluding hydrogens is 274 g/mol. The molecule has 4 nitrogen and oxygen atoms in total. The third-order valence-corrected chi connectivity index (χ3v) is 4.06. The topological polar surface area (TPSA) is 48.4 Å². The Hall–Kier alpha value is -1.75. The van der Waals surface area contributed by atoms with Crippen LogP contribution in [0.2, 0.25) is 0 Å². The number of esters is 1. The average Bonchev–Trinajstić information content (AvgIpc) is 2.46. The number of carbonyl (C=O) groups is 1. The summed E-state index contributed by atoms with van der Waals surface area (Å²) in [6.45, 7) is 1.99. The van der Waals surface area contributed by atoms with Crippen molar-refractivity contribution in [1.29, 1.82) is 0 Å². The summed E-state index contributed by atoms with van der Waals surface area (Å²) < 4.78 is 10.0. The lowest BCUT2D eigenvalue weighted by molar-refractivity contribution is -0.140. The number of methoxy groups -OCH3 is 2. The quantitative estimate of drug-likeness (QED) is 0.625. The Labute approximate surface area is 122 Å². The van der Waals surface area contributed by atoms with Crippen LogP contribution in [0.15, 0.2) is 35.5 Å². The smallest absolute Gasteiger partial charge is 0.306 e. The molecule has 5 heteroatoms. The number of fused-ring (bicyclic) bond motifs is 1. The van der Waals surface area contributed by atoms with E-state index in [1.54, 1.807) is 25.1 Å². The maximum Gasteiger partial charge on any atom is 0.306 e. The number of carbonyl (C=O) groups excluding carboxylic acids is 1. The number of nitrogens with zero attached hydrogens (tertiary/aromatic N) is 1. The minimum Gasteiger partial charge on any atom is -0.496 e. The van der Waals surface area contributed by atoms with Gasteiger partial charge in [-0.2, -0.15) is 0 Å². The predicted molar refractivity (Wildman–Crippen MR) is 80.2 cm³/mol. The van der Waals surface area contributed by atoms with Gasteiger partial charge in [0.2, 0.25) is 0 Å². The molecule has 1 unspecified atom stereocenters. The zero-order valence-electron chi connectivity index (χ0n) is 11.8. The second kappa shape index (κ2) is 6.61. The molecule has 0 aliphatic rings. The Bertz CT molecular complexity index is 615. The molecule has 0 aliphatic heterocycles. The van der Waals surface area contributed by atoms with Crippen molar-refractivity contribution in [3.05, 3.63) is 30.5 Å². The van der Waals surface area contributed by atoms with Gasteiger partial charge in [0.25, 0.3) is 0 Å². The highest BCUT2D eigenvalue weighted by Gasteiger charge is 2.14. The largest absolute Gasteiger partial charge is 0.496 e. The molecule has 0 bridgehead atoms. The Morgan fingerprint density at radius 1 is 1.30 bits per heavy atom. The number of rotatable bonds is 5. The Kier molecular flexibility index (Phi) is 4.84. The molecule has 0 saturated heterocycles. The van der Waals surface area contributed by atoms with E-state index in [4.69, 9.17) is 4.74 Å². The van der Waals surface area contributed by atoms with Crippen molar-refractivity contribution in [2.75, 3.05) is 14.2 Å². The van der Waals surface area contributed by atoms with Crippen molar-refractivity contribution < 1.29 is 14.3 Å². The highest BCUT2D eigenvalue weighted by molar-refractivity contribution is 8.00. The third kappa shape index (κ3) is 3.22. The van der Waals surface area contributed by atoms with Gasteiger partial charge < -0.3 is 9.47 Å². The lowest BCUT2D eigenvalue weighted by atomic mass is 10.1. The molecule has 0 spiro atoms. The second-order valence-electron chi connectivity index (χ2n) is 4.38. The standard InChI is InChI=1S/C15H17NO3S/c1-10(9-14(17)19-3)20-15-12-5-4-6-13(18-2)11(12)7-8-16-15/h4-8,10H,9H2,1-3H3. The Balaban J connectivity index is 2.28. The minimum atomic E-state index is -0.206. The van der Waals surface area contributed by atoms with Crippen LogP contribution in [0.5, 0.6) is 5.75 Å². The fraction of sp³-hybridized carbons (Fsp3) is 0.333. The van der Waals surface area contributed by atoms with Gasteiger partial charge in [-0.25, -0.2) is 4.98 Å². The number of aromatic nitrogens is 1. The van der Waals surface area contributed by atoms with E-state index >= 15 is 0 Å². The summed E-state index contributed by atoms with van der Waals surface area (Å²) in [6, 6.07) is 7.81. The van der Waals surface area contributed by atoms with Crippen molar-refractivity contribution in [3.8, 4) is 5.75 Å². The van der Waals surface area contributed by atoms with E-state index in [-0.39, 0.29) is 11.2 Å². The van der Waals surface area contributed by atoms with Gasteiger partial charge in [0.05, 0.1) is 20.6 Å². The number of hydrogen-bond acceptors (Lipinski definition) is 5. The van der Waals surface area contributed by atoms with E-state index in [2.05, 4.69) is 9.72 Å². The molecule has 20 heavy (non-hydrogen) atoms. The van der Waals surface area contributed by atoms with Crippen molar-refractivity contribution >= 4 is 28.5 Å². The molecule has 1 atom stereocenters. The van der Waals surface area contributed by atoms with E-state index in [9.17, 15) is 4.79 Å². The zero-order valence-corrected chi connectivity index (χ0v) is 12.6. The molecular formula is C15H17NO3S. The van der Waals surface area contributed by atoms with Gasteiger partial charge >= 0.3 is 5.97 Å². The first-order chi connectivity index (χ1) is 9.65. The van der Waals surface area contributed by atoms with E-state index in [0.717, 1.165) is 21.5 Å². The lowest BCUT2D eigenvalue weighted by Gasteiger charge is -2.12. The van der Waals surface area contributed by atoms with E-state index in [1.807, 2.05) is 31.2 Å². The van der Waals surface area contributed by atoms with Crippen LogP contribution in [0.1, 0.15) is 13.3 Å². The molecule has 2 aromatic rings. The zero-order chi connectivity index (χ0) is 14.5. The first-order valence-electron chi connectivity index (χ1n) is 6.31. The number of ether oxygens (including phenoxy) is 2. The van der Waals surface area contributed by atoms with Gasteiger partial charge in [-0.1, -0.05) is 19.1 Å². The molecule has 0 fully saturated rings. The summed E-state index contributed by atoms with van der Waals surface area (Å²) in [5.41, 5.74) is 0. The summed E-state index contributed by atoms with van der Waals surface area (Å²) in [5.74, 6) is 0.621. The van der Waals surface area contributed by atoms with E-state index < -0.39 is 0 Å². The first kappa shape index (κ1) is 14.7. The van der Waals surface area contributed by atoms with Gasteiger partial charge in [0.15, 0.2) is 0 Å². The summed E-state index contributed by atoms with van der Waals surface area (Å²) in [5, 5.41) is 3.07. The normalized spacial score (nSPS) is 12.2. The van der Waals surface area contributed by atoms with E-state index in [0.29, 0.717) is 6.42 Å². The van der Waals surface area contributed by atoms with Crippen molar-refractivity contribution in [3.63, 3.8) is 0 Å². The maximum atomic E-state index is 11.3. The van der Waals surface area contributed by atoms with Crippen LogP contribution < -0.4 is 4.74 Å². The van der Waals surface area contributed by atoms with Crippen LogP contribution >= 0.6 is 11.8 Å². The summed E-state index contributed by atoms with van der Waals surface area (Å²) in [6.07, 6.45) is 2.13.